The van der Waals surface area contributed by atoms with Gasteiger partial charge in [-0.05, 0) is 36.4 Å². The van der Waals surface area contributed by atoms with E-state index in [1.807, 2.05) is 12.1 Å². The number of amides is 1. The maximum atomic E-state index is 12.1. The maximum absolute atomic E-state index is 12.1. The summed E-state index contributed by atoms with van der Waals surface area (Å²) in [5, 5.41) is 10.3. The molecule has 8 nitrogen and oxygen atoms in total. The molecule has 0 aliphatic rings. The number of rotatable bonds is 8. The number of anilines is 1. The Morgan fingerprint density at radius 3 is 2.25 bits per heavy atom. The zero-order valence-corrected chi connectivity index (χ0v) is 16.5. The number of nitrogens with zero attached hydrogens (tertiary/aromatic N) is 2. The summed E-state index contributed by atoms with van der Waals surface area (Å²) < 4.78 is 15.6. The fourth-order valence-electron chi connectivity index (χ4n) is 2.39. The van der Waals surface area contributed by atoms with Crippen LogP contribution in [0, 0.1) is 0 Å². The van der Waals surface area contributed by atoms with Crippen molar-refractivity contribution in [2.24, 2.45) is 0 Å². The fraction of sp³-hybridized carbons (Fsp3) is 0.211. The fourth-order valence-corrected chi connectivity index (χ4v) is 2.98. The summed E-state index contributed by atoms with van der Waals surface area (Å²) in [5.41, 5.74) is 1.48. The minimum absolute atomic E-state index is 0.149. The summed E-state index contributed by atoms with van der Waals surface area (Å²) in [5.74, 6) is 2.64. The smallest absolute Gasteiger partial charge is 0.234 e. The average Bonchev–Trinajstić information content (AvgIpc) is 3.21. The molecule has 1 aromatic heterocycles. The molecule has 28 heavy (non-hydrogen) atoms. The van der Waals surface area contributed by atoms with Gasteiger partial charge in [0.15, 0.2) is 5.82 Å². The maximum Gasteiger partial charge on any atom is 0.234 e. The molecule has 0 bridgehead atoms. The van der Waals surface area contributed by atoms with E-state index in [1.165, 1.54) is 11.8 Å². The molecule has 3 aromatic rings. The molecule has 1 heterocycles. The van der Waals surface area contributed by atoms with E-state index in [9.17, 15) is 4.79 Å². The highest BCUT2D eigenvalue weighted by molar-refractivity contribution is 7.99. The molecule has 146 valence electrons. The van der Waals surface area contributed by atoms with Crippen LogP contribution in [-0.2, 0) is 4.79 Å². The molecule has 2 aromatic carbocycles. The van der Waals surface area contributed by atoms with Crippen LogP contribution in [-0.4, -0.2) is 48.2 Å². The molecule has 9 heteroatoms. The van der Waals surface area contributed by atoms with Crippen molar-refractivity contribution < 1.29 is 19.0 Å². The van der Waals surface area contributed by atoms with Crippen molar-refractivity contribution in [3.8, 4) is 28.6 Å². The van der Waals surface area contributed by atoms with E-state index in [0.29, 0.717) is 28.2 Å². The lowest BCUT2D eigenvalue weighted by molar-refractivity contribution is -0.113. The van der Waals surface area contributed by atoms with E-state index in [0.717, 1.165) is 11.3 Å². The molecule has 0 aliphatic heterocycles. The number of hydrogen-bond acceptors (Lipinski definition) is 7. The van der Waals surface area contributed by atoms with Gasteiger partial charge < -0.3 is 19.5 Å². The number of carbonyl (C=O) groups is 1. The second kappa shape index (κ2) is 9.14. The number of H-pyrrole nitrogens is 1. The lowest BCUT2D eigenvalue weighted by Crippen LogP contribution is -2.14. The summed E-state index contributed by atoms with van der Waals surface area (Å²) in [6, 6.07) is 12.6. The number of aromatic amines is 1. The van der Waals surface area contributed by atoms with E-state index in [4.69, 9.17) is 14.2 Å². The van der Waals surface area contributed by atoms with Crippen LogP contribution in [0.15, 0.2) is 47.6 Å². The Hall–Kier alpha value is -3.20. The largest absolute Gasteiger partial charge is 0.497 e. The van der Waals surface area contributed by atoms with Crippen LogP contribution < -0.4 is 19.5 Å². The highest BCUT2D eigenvalue weighted by Gasteiger charge is 2.11. The Labute approximate surface area is 166 Å². The van der Waals surface area contributed by atoms with Gasteiger partial charge in [0, 0.05) is 17.3 Å². The van der Waals surface area contributed by atoms with Gasteiger partial charge >= 0.3 is 0 Å². The van der Waals surface area contributed by atoms with Crippen molar-refractivity contribution in [1.82, 2.24) is 15.2 Å². The van der Waals surface area contributed by atoms with Crippen molar-refractivity contribution in [2.45, 2.75) is 5.16 Å². The van der Waals surface area contributed by atoms with Crippen molar-refractivity contribution in [2.75, 3.05) is 32.4 Å². The molecule has 0 atom stereocenters. The Bertz CT molecular complexity index is 921. The minimum atomic E-state index is -0.149. The van der Waals surface area contributed by atoms with Gasteiger partial charge in [-0.1, -0.05) is 11.8 Å². The number of aromatic nitrogens is 3. The monoisotopic (exact) mass is 400 g/mol. The molecule has 0 spiro atoms. The zero-order chi connectivity index (χ0) is 19.9. The van der Waals surface area contributed by atoms with Crippen LogP contribution in [0.5, 0.6) is 17.2 Å². The van der Waals surface area contributed by atoms with Gasteiger partial charge in [0.25, 0.3) is 0 Å². The number of methoxy groups -OCH3 is 3. The Balaban J connectivity index is 1.60. The molecule has 0 saturated carbocycles. The van der Waals surface area contributed by atoms with Gasteiger partial charge in [0.1, 0.15) is 17.2 Å². The van der Waals surface area contributed by atoms with Gasteiger partial charge in [-0.25, -0.2) is 4.98 Å². The van der Waals surface area contributed by atoms with Gasteiger partial charge in [0.05, 0.1) is 27.1 Å². The average molecular weight is 400 g/mol. The molecular formula is C19H20N4O4S. The highest BCUT2D eigenvalue weighted by Crippen LogP contribution is 2.28. The van der Waals surface area contributed by atoms with Crippen LogP contribution in [0.2, 0.25) is 0 Å². The Morgan fingerprint density at radius 1 is 1.00 bits per heavy atom. The number of thioether (sulfide) groups is 1. The third-order valence-electron chi connectivity index (χ3n) is 3.80. The van der Waals surface area contributed by atoms with Crippen molar-refractivity contribution in [3.05, 3.63) is 42.5 Å². The normalized spacial score (nSPS) is 10.4. The second-order valence-electron chi connectivity index (χ2n) is 5.63. The number of hydrogen-bond donors (Lipinski definition) is 2. The quantitative estimate of drug-likeness (QED) is 0.560. The van der Waals surface area contributed by atoms with Crippen LogP contribution in [0.25, 0.3) is 11.4 Å². The third kappa shape index (κ3) is 4.95. The number of nitrogens with one attached hydrogen (secondary N) is 2. The summed E-state index contributed by atoms with van der Waals surface area (Å²) >= 11 is 1.24. The minimum Gasteiger partial charge on any atom is -0.497 e. The lowest BCUT2D eigenvalue weighted by Gasteiger charge is -2.06. The summed E-state index contributed by atoms with van der Waals surface area (Å²) in [6.07, 6.45) is 0. The molecule has 2 N–H and O–H groups in total. The molecule has 0 unspecified atom stereocenters. The summed E-state index contributed by atoms with van der Waals surface area (Å²) in [4.78, 5) is 16.5. The zero-order valence-electron chi connectivity index (χ0n) is 15.7. The number of carbonyl (C=O) groups excluding carboxylic acids is 1. The van der Waals surface area contributed by atoms with Gasteiger partial charge in [-0.2, -0.15) is 0 Å². The van der Waals surface area contributed by atoms with E-state index >= 15 is 0 Å². The van der Waals surface area contributed by atoms with Gasteiger partial charge in [0.2, 0.25) is 11.1 Å². The Morgan fingerprint density at radius 2 is 1.64 bits per heavy atom. The molecule has 0 fully saturated rings. The van der Waals surface area contributed by atoms with E-state index in [1.54, 1.807) is 51.7 Å². The first-order valence-corrected chi connectivity index (χ1v) is 9.32. The van der Waals surface area contributed by atoms with E-state index < -0.39 is 0 Å². The highest BCUT2D eigenvalue weighted by atomic mass is 32.2. The van der Waals surface area contributed by atoms with Gasteiger partial charge in [-0.15, -0.1) is 5.10 Å². The van der Waals surface area contributed by atoms with Gasteiger partial charge in [-0.3, -0.25) is 9.89 Å². The van der Waals surface area contributed by atoms with Crippen molar-refractivity contribution in [1.29, 1.82) is 0 Å². The third-order valence-corrected chi connectivity index (χ3v) is 4.64. The van der Waals surface area contributed by atoms with Crippen LogP contribution in [0.1, 0.15) is 0 Å². The van der Waals surface area contributed by atoms with Crippen molar-refractivity contribution in [3.63, 3.8) is 0 Å². The first kappa shape index (κ1) is 19.6. The topological polar surface area (TPSA) is 98.4 Å². The molecule has 0 aliphatic carbocycles. The lowest BCUT2D eigenvalue weighted by atomic mass is 10.2. The predicted octanol–water partition coefficient (Wildman–Crippen LogP) is 3.23. The van der Waals surface area contributed by atoms with E-state index in [-0.39, 0.29) is 11.7 Å². The summed E-state index contributed by atoms with van der Waals surface area (Å²) in [6.45, 7) is 0. The molecule has 3 rings (SSSR count). The van der Waals surface area contributed by atoms with Crippen LogP contribution in [0.4, 0.5) is 5.69 Å². The number of benzene rings is 2. The van der Waals surface area contributed by atoms with E-state index in [2.05, 4.69) is 20.5 Å². The SMILES string of the molecule is COc1ccc(NC(=O)CSc2n[nH]c(-c3cc(OC)cc(OC)c3)n2)cc1. The first-order valence-electron chi connectivity index (χ1n) is 8.34. The Kier molecular flexibility index (Phi) is 6.38. The molecule has 0 radical (unpaired) electrons. The van der Waals surface area contributed by atoms with Crippen LogP contribution in [0.3, 0.4) is 0 Å². The first-order chi connectivity index (χ1) is 13.6. The van der Waals surface area contributed by atoms with Crippen LogP contribution >= 0.6 is 11.8 Å². The predicted molar refractivity (Wildman–Crippen MR) is 107 cm³/mol. The standard InChI is InChI=1S/C19H20N4O4S/c1-25-14-6-4-13(5-7-14)20-17(24)11-28-19-21-18(22-23-19)12-8-15(26-2)10-16(9-12)27-3/h4-10H,11H2,1-3H3,(H,20,24)(H,21,22,23). The molecular weight excluding hydrogens is 380 g/mol. The van der Waals surface area contributed by atoms with Crippen molar-refractivity contribution >= 4 is 23.4 Å². The molecule has 0 saturated heterocycles. The number of ether oxygens (including phenoxy) is 3. The molecule has 1 amide bonds. The summed E-state index contributed by atoms with van der Waals surface area (Å²) in [7, 11) is 4.76. The second-order valence-corrected chi connectivity index (χ2v) is 6.58.